The van der Waals surface area contributed by atoms with Crippen molar-refractivity contribution in [1.82, 2.24) is 15.3 Å². The first-order valence-corrected chi connectivity index (χ1v) is 7.87. The summed E-state index contributed by atoms with van der Waals surface area (Å²) in [4.78, 5) is 8.75. The van der Waals surface area contributed by atoms with Crippen molar-refractivity contribution in [2.75, 3.05) is 13.2 Å². The summed E-state index contributed by atoms with van der Waals surface area (Å²) >= 11 is 1.74. The molecule has 1 saturated carbocycles. The first-order chi connectivity index (χ1) is 9.17. The Labute approximate surface area is 119 Å². The van der Waals surface area contributed by atoms with Crippen molar-refractivity contribution in [1.29, 1.82) is 0 Å². The molecule has 5 heteroatoms. The minimum atomic E-state index is -0.0858. The molecule has 1 fully saturated rings. The highest BCUT2D eigenvalue weighted by molar-refractivity contribution is 7.99. The summed E-state index contributed by atoms with van der Waals surface area (Å²) in [5.74, 6) is 0. The number of aryl methyl sites for hydroxylation is 1. The van der Waals surface area contributed by atoms with Gasteiger partial charge in [-0.2, -0.15) is 0 Å². The standard InChI is InChI=1S/C14H23N3OS/c1-3-7-16-14(10-18)6-4-12(9-14)19-13-15-8-5-11(2)17-13/h5,8,12,16,18H,3-4,6-7,9-10H2,1-2H3. The van der Waals surface area contributed by atoms with Crippen LogP contribution in [0, 0.1) is 6.92 Å². The highest BCUT2D eigenvalue weighted by atomic mass is 32.2. The molecular formula is C14H23N3OS. The third-order valence-electron chi connectivity index (χ3n) is 3.66. The van der Waals surface area contributed by atoms with Gasteiger partial charge in [0.15, 0.2) is 5.16 Å². The third kappa shape index (κ3) is 3.91. The van der Waals surface area contributed by atoms with Gasteiger partial charge in [-0.25, -0.2) is 9.97 Å². The van der Waals surface area contributed by atoms with Gasteiger partial charge in [0.25, 0.3) is 0 Å². The van der Waals surface area contributed by atoms with E-state index < -0.39 is 0 Å². The molecule has 0 aromatic carbocycles. The second-order valence-electron chi connectivity index (χ2n) is 5.33. The van der Waals surface area contributed by atoms with Gasteiger partial charge in [0.2, 0.25) is 0 Å². The smallest absolute Gasteiger partial charge is 0.187 e. The molecule has 0 radical (unpaired) electrons. The molecule has 2 N–H and O–H groups in total. The van der Waals surface area contributed by atoms with Crippen LogP contribution in [0.4, 0.5) is 0 Å². The lowest BCUT2D eigenvalue weighted by molar-refractivity contribution is 0.165. The Morgan fingerprint density at radius 1 is 1.58 bits per heavy atom. The minimum absolute atomic E-state index is 0.0858. The summed E-state index contributed by atoms with van der Waals surface area (Å²) in [6.45, 7) is 5.33. The number of thioether (sulfide) groups is 1. The first-order valence-electron chi connectivity index (χ1n) is 6.99. The zero-order chi connectivity index (χ0) is 13.7. The Morgan fingerprint density at radius 3 is 3.11 bits per heavy atom. The van der Waals surface area contributed by atoms with Crippen LogP contribution in [0.3, 0.4) is 0 Å². The van der Waals surface area contributed by atoms with E-state index in [1.54, 1.807) is 11.8 Å². The Balaban J connectivity index is 1.93. The number of hydrogen-bond donors (Lipinski definition) is 2. The van der Waals surface area contributed by atoms with Gasteiger partial charge in [0, 0.05) is 22.7 Å². The molecule has 1 aromatic rings. The topological polar surface area (TPSA) is 58.0 Å². The molecule has 0 bridgehead atoms. The van der Waals surface area contributed by atoms with Crippen LogP contribution in [0.15, 0.2) is 17.4 Å². The van der Waals surface area contributed by atoms with E-state index in [1.807, 2.05) is 19.2 Å². The normalized spacial score (nSPS) is 26.8. The fraction of sp³-hybridized carbons (Fsp3) is 0.714. The zero-order valence-electron chi connectivity index (χ0n) is 11.7. The van der Waals surface area contributed by atoms with Gasteiger partial charge in [-0.1, -0.05) is 18.7 Å². The van der Waals surface area contributed by atoms with E-state index >= 15 is 0 Å². The Hall–Kier alpha value is -0.650. The zero-order valence-corrected chi connectivity index (χ0v) is 12.5. The number of aliphatic hydroxyl groups is 1. The second kappa shape index (κ2) is 6.68. The Kier molecular flexibility index (Phi) is 5.19. The van der Waals surface area contributed by atoms with Gasteiger partial charge in [-0.3, -0.25) is 0 Å². The quantitative estimate of drug-likeness (QED) is 0.783. The first kappa shape index (κ1) is 14.8. The molecule has 106 valence electrons. The maximum absolute atomic E-state index is 9.67. The molecule has 19 heavy (non-hydrogen) atoms. The molecule has 2 rings (SSSR count). The number of aliphatic hydroxyl groups excluding tert-OH is 1. The van der Waals surface area contributed by atoms with Crippen LogP contribution in [0.1, 0.15) is 38.3 Å². The third-order valence-corrected chi connectivity index (χ3v) is 4.80. The largest absolute Gasteiger partial charge is 0.394 e. The molecule has 0 aliphatic heterocycles. The van der Waals surface area contributed by atoms with Crippen LogP contribution in [0.25, 0.3) is 0 Å². The molecule has 2 atom stereocenters. The molecular weight excluding hydrogens is 258 g/mol. The molecule has 0 spiro atoms. The summed E-state index contributed by atoms with van der Waals surface area (Å²) in [6.07, 6.45) is 6.05. The molecule has 0 saturated heterocycles. The van der Waals surface area contributed by atoms with E-state index in [-0.39, 0.29) is 12.1 Å². The number of nitrogens with zero attached hydrogens (tertiary/aromatic N) is 2. The fourth-order valence-corrected chi connectivity index (χ4v) is 3.81. The van der Waals surface area contributed by atoms with Crippen LogP contribution in [-0.2, 0) is 0 Å². The summed E-state index contributed by atoms with van der Waals surface area (Å²) in [5.41, 5.74) is 0.922. The van der Waals surface area contributed by atoms with E-state index in [4.69, 9.17) is 0 Å². The summed E-state index contributed by atoms with van der Waals surface area (Å²) in [6, 6.07) is 1.92. The van der Waals surface area contributed by atoms with E-state index in [0.29, 0.717) is 5.25 Å². The van der Waals surface area contributed by atoms with Gasteiger partial charge in [0.05, 0.1) is 6.61 Å². The number of rotatable bonds is 6. The van der Waals surface area contributed by atoms with Crippen molar-refractivity contribution in [3.05, 3.63) is 18.0 Å². The van der Waals surface area contributed by atoms with E-state index in [1.165, 1.54) is 0 Å². The van der Waals surface area contributed by atoms with Crippen LogP contribution in [0.2, 0.25) is 0 Å². The van der Waals surface area contributed by atoms with Gasteiger partial charge in [0.1, 0.15) is 0 Å². The average molecular weight is 281 g/mol. The van der Waals surface area contributed by atoms with E-state index in [9.17, 15) is 5.11 Å². The van der Waals surface area contributed by atoms with Crippen LogP contribution in [0.5, 0.6) is 0 Å². The fourth-order valence-electron chi connectivity index (χ4n) is 2.56. The lowest BCUT2D eigenvalue weighted by Gasteiger charge is -2.28. The van der Waals surface area contributed by atoms with Crippen LogP contribution < -0.4 is 5.32 Å². The van der Waals surface area contributed by atoms with Gasteiger partial charge in [-0.05, 0) is 45.2 Å². The molecule has 1 heterocycles. The monoisotopic (exact) mass is 281 g/mol. The molecule has 1 aromatic heterocycles. The van der Waals surface area contributed by atoms with Crippen LogP contribution >= 0.6 is 11.8 Å². The van der Waals surface area contributed by atoms with Crippen molar-refractivity contribution in [2.45, 2.75) is 55.5 Å². The maximum Gasteiger partial charge on any atom is 0.187 e. The van der Waals surface area contributed by atoms with Gasteiger partial charge in [-0.15, -0.1) is 0 Å². The van der Waals surface area contributed by atoms with Crippen LogP contribution in [-0.4, -0.2) is 39.0 Å². The lowest BCUT2D eigenvalue weighted by atomic mass is 9.99. The van der Waals surface area contributed by atoms with Crippen molar-refractivity contribution >= 4 is 11.8 Å². The minimum Gasteiger partial charge on any atom is -0.394 e. The van der Waals surface area contributed by atoms with Crippen molar-refractivity contribution in [3.8, 4) is 0 Å². The number of aromatic nitrogens is 2. The molecule has 1 aliphatic carbocycles. The lowest BCUT2D eigenvalue weighted by Crippen LogP contribution is -2.46. The number of hydrogen-bond acceptors (Lipinski definition) is 5. The van der Waals surface area contributed by atoms with E-state index in [0.717, 1.165) is 43.1 Å². The highest BCUT2D eigenvalue weighted by Crippen LogP contribution is 2.39. The molecule has 0 amide bonds. The molecule has 4 nitrogen and oxygen atoms in total. The summed E-state index contributed by atoms with van der Waals surface area (Å²) in [5, 5.41) is 14.5. The maximum atomic E-state index is 9.67. The van der Waals surface area contributed by atoms with Crippen molar-refractivity contribution in [3.63, 3.8) is 0 Å². The van der Waals surface area contributed by atoms with E-state index in [2.05, 4.69) is 22.2 Å². The average Bonchev–Trinajstić information content (AvgIpc) is 2.80. The van der Waals surface area contributed by atoms with Gasteiger partial charge < -0.3 is 10.4 Å². The summed E-state index contributed by atoms with van der Waals surface area (Å²) in [7, 11) is 0. The van der Waals surface area contributed by atoms with Crippen molar-refractivity contribution < 1.29 is 5.11 Å². The second-order valence-corrected chi connectivity index (χ2v) is 6.60. The predicted molar refractivity (Wildman–Crippen MR) is 78.4 cm³/mol. The molecule has 1 aliphatic rings. The molecule has 2 unspecified atom stereocenters. The highest BCUT2D eigenvalue weighted by Gasteiger charge is 2.38. The van der Waals surface area contributed by atoms with Crippen molar-refractivity contribution in [2.24, 2.45) is 0 Å². The Morgan fingerprint density at radius 2 is 2.42 bits per heavy atom. The Bertz CT molecular complexity index is 415. The van der Waals surface area contributed by atoms with Gasteiger partial charge >= 0.3 is 0 Å². The number of nitrogens with one attached hydrogen (secondary N) is 1. The predicted octanol–water partition coefficient (Wildman–Crippen LogP) is 2.16. The SMILES string of the molecule is CCCNC1(CO)CCC(Sc2nccc(C)n2)C1. The summed E-state index contributed by atoms with van der Waals surface area (Å²) < 4.78 is 0.